The molecule has 0 radical (unpaired) electrons. The van der Waals surface area contributed by atoms with Crippen LogP contribution in [-0.4, -0.2) is 15.2 Å². The second kappa shape index (κ2) is 5.74. The summed E-state index contributed by atoms with van der Waals surface area (Å²) in [6.07, 6.45) is 10.4. The van der Waals surface area contributed by atoms with E-state index in [1.807, 2.05) is 0 Å². The van der Waals surface area contributed by atoms with E-state index in [-0.39, 0.29) is 0 Å². The Kier molecular flexibility index (Phi) is 4.04. The van der Waals surface area contributed by atoms with Crippen molar-refractivity contribution in [2.45, 2.75) is 62.4 Å². The standard InChI is InChI=1S/C14H20N2S2/c17-14-11-7-3-4-8-12(11)15-13(16-14)9-18-10-5-1-2-6-10/h10H,1-9H2,(H,15,16,17). The smallest absolute Gasteiger partial charge is 0.133 e. The van der Waals surface area contributed by atoms with E-state index < -0.39 is 0 Å². The lowest BCUT2D eigenvalue weighted by atomic mass is 9.97. The first-order valence-electron chi connectivity index (χ1n) is 7.05. The van der Waals surface area contributed by atoms with Crippen molar-refractivity contribution in [3.8, 4) is 0 Å². The van der Waals surface area contributed by atoms with Crippen molar-refractivity contribution in [2.24, 2.45) is 0 Å². The number of aryl methyl sites for hydroxylation is 1. The third-order valence-corrected chi connectivity index (χ3v) is 5.74. The Balaban J connectivity index is 1.72. The molecule has 2 nitrogen and oxygen atoms in total. The van der Waals surface area contributed by atoms with E-state index in [2.05, 4.69) is 21.7 Å². The molecule has 4 heteroatoms. The monoisotopic (exact) mass is 280 g/mol. The Morgan fingerprint density at radius 3 is 2.78 bits per heavy atom. The normalized spacial score (nSPS) is 20.0. The third kappa shape index (κ3) is 2.80. The van der Waals surface area contributed by atoms with Gasteiger partial charge < -0.3 is 4.98 Å². The van der Waals surface area contributed by atoms with E-state index >= 15 is 0 Å². The average molecular weight is 280 g/mol. The molecule has 0 bridgehead atoms. The number of thioether (sulfide) groups is 1. The molecule has 98 valence electrons. The largest absolute Gasteiger partial charge is 0.346 e. The molecule has 0 unspecified atom stereocenters. The number of nitrogens with one attached hydrogen (secondary N) is 1. The number of aromatic amines is 1. The lowest BCUT2D eigenvalue weighted by Crippen LogP contribution is -2.10. The summed E-state index contributed by atoms with van der Waals surface area (Å²) in [7, 11) is 0. The van der Waals surface area contributed by atoms with E-state index in [0.717, 1.165) is 34.3 Å². The molecule has 0 saturated heterocycles. The van der Waals surface area contributed by atoms with Gasteiger partial charge in [0.15, 0.2) is 0 Å². The van der Waals surface area contributed by atoms with Gasteiger partial charge in [0.2, 0.25) is 0 Å². The molecule has 0 spiro atoms. The predicted octanol–water partition coefficient (Wildman–Crippen LogP) is 4.19. The molecule has 2 aliphatic rings. The molecular weight excluding hydrogens is 260 g/mol. The summed E-state index contributed by atoms with van der Waals surface area (Å²) in [6, 6.07) is 0. The first-order chi connectivity index (χ1) is 8.83. The molecule has 1 N–H and O–H groups in total. The molecular formula is C14H20N2S2. The van der Waals surface area contributed by atoms with Crippen LogP contribution in [0.3, 0.4) is 0 Å². The summed E-state index contributed by atoms with van der Waals surface area (Å²) < 4.78 is 0.852. The zero-order valence-electron chi connectivity index (χ0n) is 10.7. The summed E-state index contributed by atoms with van der Waals surface area (Å²) in [4.78, 5) is 8.12. The van der Waals surface area contributed by atoms with Gasteiger partial charge in [0, 0.05) is 16.5 Å². The lowest BCUT2D eigenvalue weighted by Gasteiger charge is -2.17. The SMILES string of the molecule is S=c1nc(CSC2CCCC2)[nH]c2c1CCCC2. The molecule has 0 aliphatic heterocycles. The fraction of sp³-hybridized carbons (Fsp3) is 0.714. The first kappa shape index (κ1) is 12.7. The highest BCUT2D eigenvalue weighted by Gasteiger charge is 2.17. The molecule has 3 rings (SSSR count). The molecule has 2 aliphatic carbocycles. The predicted molar refractivity (Wildman–Crippen MR) is 79.6 cm³/mol. The number of H-pyrrole nitrogens is 1. The molecule has 1 saturated carbocycles. The van der Waals surface area contributed by atoms with E-state index in [0.29, 0.717) is 0 Å². The van der Waals surface area contributed by atoms with Crippen LogP contribution in [0.5, 0.6) is 0 Å². The number of rotatable bonds is 3. The van der Waals surface area contributed by atoms with Crippen LogP contribution in [0.15, 0.2) is 0 Å². The molecule has 0 atom stereocenters. The van der Waals surface area contributed by atoms with Crippen LogP contribution < -0.4 is 0 Å². The molecule has 1 heterocycles. The number of aromatic nitrogens is 2. The highest BCUT2D eigenvalue weighted by Crippen LogP contribution is 2.31. The molecule has 0 aromatic carbocycles. The van der Waals surface area contributed by atoms with E-state index in [1.165, 1.54) is 49.8 Å². The fourth-order valence-electron chi connectivity index (χ4n) is 2.99. The Morgan fingerprint density at radius 2 is 1.94 bits per heavy atom. The first-order valence-corrected chi connectivity index (χ1v) is 8.51. The molecule has 1 fully saturated rings. The Morgan fingerprint density at radius 1 is 1.17 bits per heavy atom. The van der Waals surface area contributed by atoms with Gasteiger partial charge in [0.1, 0.15) is 10.5 Å². The second-order valence-corrected chi connectivity index (χ2v) is 7.05. The highest BCUT2D eigenvalue weighted by atomic mass is 32.2. The van der Waals surface area contributed by atoms with Gasteiger partial charge >= 0.3 is 0 Å². The third-order valence-electron chi connectivity index (χ3n) is 4.02. The second-order valence-electron chi connectivity index (χ2n) is 5.37. The topological polar surface area (TPSA) is 28.7 Å². The van der Waals surface area contributed by atoms with Crippen LogP contribution in [0.2, 0.25) is 0 Å². The minimum absolute atomic E-state index is 0.852. The van der Waals surface area contributed by atoms with Gasteiger partial charge in [0.25, 0.3) is 0 Å². The number of nitrogens with zero attached hydrogens (tertiary/aromatic N) is 1. The van der Waals surface area contributed by atoms with Gasteiger partial charge in [-0.1, -0.05) is 25.1 Å². The Labute approximate surface area is 118 Å². The maximum atomic E-state index is 5.43. The van der Waals surface area contributed by atoms with Crippen LogP contribution in [0.1, 0.15) is 55.6 Å². The summed E-state index contributed by atoms with van der Waals surface area (Å²) in [6.45, 7) is 0. The quantitative estimate of drug-likeness (QED) is 0.841. The van der Waals surface area contributed by atoms with Crippen molar-refractivity contribution in [2.75, 3.05) is 0 Å². The van der Waals surface area contributed by atoms with Crippen LogP contribution >= 0.6 is 24.0 Å². The van der Waals surface area contributed by atoms with E-state index in [4.69, 9.17) is 12.2 Å². The van der Waals surface area contributed by atoms with E-state index in [9.17, 15) is 0 Å². The van der Waals surface area contributed by atoms with Crippen molar-refractivity contribution in [1.82, 2.24) is 9.97 Å². The lowest BCUT2D eigenvalue weighted by molar-refractivity contribution is 0.655. The van der Waals surface area contributed by atoms with Crippen molar-refractivity contribution >= 4 is 24.0 Å². The van der Waals surface area contributed by atoms with Gasteiger partial charge in [-0.05, 0) is 38.5 Å². The highest BCUT2D eigenvalue weighted by molar-refractivity contribution is 7.99. The summed E-state index contributed by atoms with van der Waals surface area (Å²) in [5.74, 6) is 2.10. The minimum Gasteiger partial charge on any atom is -0.346 e. The number of hydrogen-bond donors (Lipinski definition) is 1. The van der Waals surface area contributed by atoms with Gasteiger partial charge in [-0.25, -0.2) is 4.98 Å². The van der Waals surface area contributed by atoms with Gasteiger partial charge in [-0.2, -0.15) is 11.8 Å². The van der Waals surface area contributed by atoms with Gasteiger partial charge in [-0.15, -0.1) is 0 Å². The summed E-state index contributed by atoms with van der Waals surface area (Å²) in [5, 5.41) is 0.852. The zero-order valence-corrected chi connectivity index (χ0v) is 12.3. The summed E-state index contributed by atoms with van der Waals surface area (Å²) in [5.41, 5.74) is 2.68. The van der Waals surface area contributed by atoms with Crippen LogP contribution in [-0.2, 0) is 18.6 Å². The average Bonchev–Trinajstić information content (AvgIpc) is 2.90. The zero-order chi connectivity index (χ0) is 12.4. The maximum absolute atomic E-state index is 5.43. The minimum atomic E-state index is 0.852. The van der Waals surface area contributed by atoms with Gasteiger partial charge in [-0.3, -0.25) is 0 Å². The van der Waals surface area contributed by atoms with Crippen molar-refractivity contribution in [3.05, 3.63) is 21.7 Å². The Bertz CT molecular complexity index is 475. The fourth-order valence-corrected chi connectivity index (χ4v) is 4.52. The van der Waals surface area contributed by atoms with Gasteiger partial charge in [0.05, 0.1) is 5.75 Å². The molecule has 18 heavy (non-hydrogen) atoms. The maximum Gasteiger partial charge on any atom is 0.133 e. The molecule has 1 aromatic heterocycles. The summed E-state index contributed by atoms with van der Waals surface area (Å²) >= 11 is 7.49. The van der Waals surface area contributed by atoms with Crippen LogP contribution in [0, 0.1) is 4.64 Å². The Hall–Kier alpha value is -0.350. The van der Waals surface area contributed by atoms with Crippen molar-refractivity contribution < 1.29 is 0 Å². The molecule has 0 amide bonds. The van der Waals surface area contributed by atoms with Crippen molar-refractivity contribution in [3.63, 3.8) is 0 Å². The van der Waals surface area contributed by atoms with E-state index in [1.54, 1.807) is 0 Å². The number of hydrogen-bond acceptors (Lipinski definition) is 3. The van der Waals surface area contributed by atoms with Crippen LogP contribution in [0.25, 0.3) is 0 Å². The van der Waals surface area contributed by atoms with Crippen molar-refractivity contribution in [1.29, 1.82) is 0 Å². The molecule has 1 aromatic rings. The van der Waals surface area contributed by atoms with Crippen LogP contribution in [0.4, 0.5) is 0 Å². The number of fused-ring (bicyclic) bond motifs is 1.